The molecule has 0 saturated carbocycles. The van der Waals surface area contributed by atoms with E-state index in [4.69, 9.17) is 9.47 Å². The summed E-state index contributed by atoms with van der Waals surface area (Å²) in [6, 6.07) is 5.88. The fourth-order valence-corrected chi connectivity index (χ4v) is 2.92. The van der Waals surface area contributed by atoms with Crippen LogP contribution in [0.15, 0.2) is 18.2 Å². The zero-order valence-corrected chi connectivity index (χ0v) is 14.6. The first-order valence-electron chi connectivity index (χ1n) is 8.73. The second-order valence-corrected chi connectivity index (χ2v) is 6.59. The second-order valence-electron chi connectivity index (χ2n) is 6.59. The molecule has 4 heteroatoms. The topological polar surface area (TPSA) is 47.6 Å². The summed E-state index contributed by atoms with van der Waals surface area (Å²) in [6.07, 6.45) is 5.04. The van der Waals surface area contributed by atoms with Gasteiger partial charge >= 0.3 is 0 Å². The molecule has 1 aliphatic rings. The summed E-state index contributed by atoms with van der Waals surface area (Å²) in [4.78, 5) is 12.2. The largest absolute Gasteiger partial charge is 0.489 e. The van der Waals surface area contributed by atoms with Gasteiger partial charge in [-0.1, -0.05) is 32.8 Å². The molecule has 0 radical (unpaired) electrons. The molecule has 1 saturated heterocycles. The lowest BCUT2D eigenvalue weighted by Gasteiger charge is -2.17. The van der Waals surface area contributed by atoms with Gasteiger partial charge in [0.25, 0.3) is 0 Å². The highest BCUT2D eigenvalue weighted by molar-refractivity contribution is 5.92. The molecule has 1 aromatic rings. The van der Waals surface area contributed by atoms with Gasteiger partial charge in [-0.05, 0) is 43.4 Å². The lowest BCUT2D eigenvalue weighted by molar-refractivity contribution is -0.117. The molecule has 1 aromatic carbocycles. The van der Waals surface area contributed by atoms with Crippen molar-refractivity contribution in [1.82, 2.24) is 0 Å². The molecular formula is C19H29NO3. The third-order valence-corrected chi connectivity index (χ3v) is 4.18. The summed E-state index contributed by atoms with van der Waals surface area (Å²) >= 11 is 0. The number of hydrogen-bond acceptors (Lipinski definition) is 3. The summed E-state index contributed by atoms with van der Waals surface area (Å²) in [5.41, 5.74) is 1.87. The zero-order valence-electron chi connectivity index (χ0n) is 14.6. The van der Waals surface area contributed by atoms with Gasteiger partial charge < -0.3 is 14.8 Å². The minimum Gasteiger partial charge on any atom is -0.489 e. The van der Waals surface area contributed by atoms with Crippen molar-refractivity contribution in [2.75, 3.05) is 18.5 Å². The van der Waals surface area contributed by atoms with Crippen LogP contribution in [-0.2, 0) is 9.53 Å². The van der Waals surface area contributed by atoms with Crippen molar-refractivity contribution in [3.63, 3.8) is 0 Å². The van der Waals surface area contributed by atoms with Crippen LogP contribution in [0.4, 0.5) is 5.69 Å². The summed E-state index contributed by atoms with van der Waals surface area (Å²) in [6.45, 7) is 7.64. The lowest BCUT2D eigenvalue weighted by atomic mass is 10.0. The Bertz CT molecular complexity index is 509. The molecule has 4 nitrogen and oxygen atoms in total. The minimum absolute atomic E-state index is 0.0526. The molecular weight excluding hydrogens is 290 g/mol. The van der Waals surface area contributed by atoms with Crippen LogP contribution >= 0.6 is 0 Å². The van der Waals surface area contributed by atoms with Crippen molar-refractivity contribution >= 4 is 11.6 Å². The van der Waals surface area contributed by atoms with E-state index >= 15 is 0 Å². The number of ether oxygens (including phenoxy) is 2. The summed E-state index contributed by atoms with van der Waals surface area (Å²) < 4.78 is 11.5. The minimum atomic E-state index is 0.0526. The zero-order chi connectivity index (χ0) is 16.7. The Morgan fingerprint density at radius 3 is 3.00 bits per heavy atom. The Balaban J connectivity index is 1.95. The number of hydrogen-bond donors (Lipinski definition) is 1. The van der Waals surface area contributed by atoms with E-state index in [1.807, 2.05) is 25.1 Å². The van der Waals surface area contributed by atoms with Crippen molar-refractivity contribution in [2.24, 2.45) is 5.92 Å². The fourth-order valence-electron chi connectivity index (χ4n) is 2.92. The molecule has 128 valence electrons. The normalized spacial score (nSPS) is 18.7. The molecule has 0 aromatic heterocycles. The van der Waals surface area contributed by atoms with E-state index in [1.54, 1.807) is 0 Å². The van der Waals surface area contributed by atoms with Gasteiger partial charge in [-0.3, -0.25) is 4.79 Å². The van der Waals surface area contributed by atoms with E-state index < -0.39 is 0 Å². The Hall–Kier alpha value is -1.55. The van der Waals surface area contributed by atoms with Gasteiger partial charge in [0.2, 0.25) is 5.91 Å². The van der Waals surface area contributed by atoms with Crippen LogP contribution in [0.1, 0.15) is 51.5 Å². The molecule has 23 heavy (non-hydrogen) atoms. The summed E-state index contributed by atoms with van der Waals surface area (Å²) in [7, 11) is 0. The SMILES string of the molecule is CCCC(C)CC(=O)Nc1ccc(C)cc1OCC1CCCO1. The van der Waals surface area contributed by atoms with Gasteiger partial charge in [-0.15, -0.1) is 0 Å². The van der Waals surface area contributed by atoms with Crippen LogP contribution in [0.3, 0.4) is 0 Å². The van der Waals surface area contributed by atoms with E-state index in [0.29, 0.717) is 18.9 Å². The molecule has 0 bridgehead atoms. The highest BCUT2D eigenvalue weighted by atomic mass is 16.5. The predicted octanol–water partition coefficient (Wildman–Crippen LogP) is 4.32. The van der Waals surface area contributed by atoms with E-state index in [-0.39, 0.29) is 12.0 Å². The molecule has 1 heterocycles. The Morgan fingerprint density at radius 2 is 2.30 bits per heavy atom. The standard InChI is InChI=1S/C19H29NO3/c1-4-6-14(2)12-19(21)20-17-9-8-15(3)11-18(17)23-13-16-7-5-10-22-16/h8-9,11,14,16H,4-7,10,12-13H2,1-3H3,(H,20,21). The number of nitrogens with one attached hydrogen (secondary N) is 1. The Labute approximate surface area is 139 Å². The number of amides is 1. The van der Waals surface area contributed by atoms with Crippen LogP contribution in [0.25, 0.3) is 0 Å². The average Bonchev–Trinajstić information content (AvgIpc) is 3.01. The van der Waals surface area contributed by atoms with Crippen molar-refractivity contribution in [3.05, 3.63) is 23.8 Å². The van der Waals surface area contributed by atoms with Gasteiger partial charge in [0.15, 0.2) is 0 Å². The summed E-state index contributed by atoms with van der Waals surface area (Å²) in [5, 5.41) is 3.00. The molecule has 2 rings (SSSR count). The van der Waals surface area contributed by atoms with Crippen molar-refractivity contribution in [2.45, 2.75) is 59.0 Å². The van der Waals surface area contributed by atoms with E-state index in [9.17, 15) is 4.79 Å². The molecule has 0 aliphatic carbocycles. The smallest absolute Gasteiger partial charge is 0.224 e. The second kappa shape index (κ2) is 8.92. The third-order valence-electron chi connectivity index (χ3n) is 4.18. The van der Waals surface area contributed by atoms with Crippen LogP contribution in [0, 0.1) is 12.8 Å². The molecule has 1 fully saturated rings. The first kappa shape index (κ1) is 17.8. The average molecular weight is 319 g/mol. The maximum atomic E-state index is 12.2. The van der Waals surface area contributed by atoms with Crippen LogP contribution < -0.4 is 10.1 Å². The van der Waals surface area contributed by atoms with Gasteiger partial charge in [-0.25, -0.2) is 0 Å². The maximum absolute atomic E-state index is 12.2. The van der Waals surface area contributed by atoms with Gasteiger partial charge in [0.1, 0.15) is 12.4 Å². The molecule has 2 unspecified atom stereocenters. The number of rotatable bonds is 8. The molecule has 1 N–H and O–H groups in total. The highest BCUT2D eigenvalue weighted by Gasteiger charge is 2.17. The van der Waals surface area contributed by atoms with Crippen molar-refractivity contribution < 1.29 is 14.3 Å². The van der Waals surface area contributed by atoms with Gasteiger partial charge in [-0.2, -0.15) is 0 Å². The fraction of sp³-hybridized carbons (Fsp3) is 0.632. The van der Waals surface area contributed by atoms with E-state index in [1.165, 1.54) is 0 Å². The van der Waals surface area contributed by atoms with Crippen LogP contribution in [0.2, 0.25) is 0 Å². The number of carbonyl (C=O) groups is 1. The number of benzene rings is 1. The van der Waals surface area contributed by atoms with Gasteiger partial charge in [0, 0.05) is 13.0 Å². The molecule has 0 spiro atoms. The Morgan fingerprint density at radius 1 is 1.48 bits per heavy atom. The van der Waals surface area contributed by atoms with Crippen LogP contribution in [0.5, 0.6) is 5.75 Å². The highest BCUT2D eigenvalue weighted by Crippen LogP contribution is 2.27. The quantitative estimate of drug-likeness (QED) is 0.776. The van der Waals surface area contributed by atoms with Crippen molar-refractivity contribution in [1.29, 1.82) is 0 Å². The van der Waals surface area contributed by atoms with E-state index in [0.717, 1.165) is 49.3 Å². The number of carbonyl (C=O) groups excluding carboxylic acids is 1. The Kier molecular flexibility index (Phi) is 6.90. The maximum Gasteiger partial charge on any atom is 0.224 e. The molecule has 1 aliphatic heterocycles. The molecule has 2 atom stereocenters. The van der Waals surface area contributed by atoms with Crippen molar-refractivity contribution in [3.8, 4) is 5.75 Å². The van der Waals surface area contributed by atoms with Crippen LogP contribution in [-0.4, -0.2) is 25.2 Å². The predicted molar refractivity (Wildman–Crippen MR) is 93.0 cm³/mol. The lowest BCUT2D eigenvalue weighted by Crippen LogP contribution is -2.19. The molecule has 1 amide bonds. The number of aryl methyl sites for hydroxylation is 1. The first-order valence-corrected chi connectivity index (χ1v) is 8.73. The number of anilines is 1. The van der Waals surface area contributed by atoms with Gasteiger partial charge in [0.05, 0.1) is 11.8 Å². The third kappa shape index (κ3) is 5.87. The summed E-state index contributed by atoms with van der Waals surface area (Å²) in [5.74, 6) is 1.19. The monoisotopic (exact) mass is 319 g/mol. The van der Waals surface area contributed by atoms with E-state index in [2.05, 4.69) is 19.2 Å². The first-order chi connectivity index (χ1) is 11.1.